The van der Waals surface area contributed by atoms with E-state index in [1.54, 1.807) is 22.7 Å². The molecule has 0 saturated heterocycles. The molecule has 0 aliphatic rings. The highest BCUT2D eigenvalue weighted by atomic mass is 32.2. The summed E-state index contributed by atoms with van der Waals surface area (Å²) in [6.07, 6.45) is 2.02. The zero-order valence-corrected chi connectivity index (χ0v) is 12.4. The maximum absolute atomic E-state index is 12.2. The molecular formula is C15H19NO2S. The highest BCUT2D eigenvalue weighted by Crippen LogP contribution is 2.12. The Kier molecular flexibility index (Phi) is 6.48. The Morgan fingerprint density at radius 3 is 2.79 bits per heavy atom. The lowest BCUT2D eigenvalue weighted by molar-refractivity contribution is 0.0803. The van der Waals surface area contributed by atoms with Crippen LogP contribution in [0.2, 0.25) is 0 Å². The first-order valence-electron chi connectivity index (χ1n) is 6.05. The number of carbonyl (C=O) groups excluding carboxylic acids is 1. The van der Waals surface area contributed by atoms with Gasteiger partial charge in [-0.25, -0.2) is 0 Å². The number of benzene rings is 1. The van der Waals surface area contributed by atoms with Gasteiger partial charge < -0.3 is 10.0 Å². The summed E-state index contributed by atoms with van der Waals surface area (Å²) in [4.78, 5) is 13.9. The van der Waals surface area contributed by atoms with E-state index in [1.807, 2.05) is 32.4 Å². The smallest absolute Gasteiger partial charge is 0.253 e. The van der Waals surface area contributed by atoms with Gasteiger partial charge in [0.05, 0.1) is 0 Å². The van der Waals surface area contributed by atoms with Gasteiger partial charge in [0.1, 0.15) is 6.61 Å². The largest absolute Gasteiger partial charge is 0.384 e. The number of rotatable bonds is 4. The molecule has 1 aromatic carbocycles. The third kappa shape index (κ3) is 4.62. The Morgan fingerprint density at radius 2 is 2.21 bits per heavy atom. The molecule has 1 aromatic rings. The second-order valence-corrected chi connectivity index (χ2v) is 5.19. The zero-order valence-electron chi connectivity index (χ0n) is 11.6. The summed E-state index contributed by atoms with van der Waals surface area (Å²) in [5.41, 5.74) is 2.47. The van der Waals surface area contributed by atoms with Crippen molar-refractivity contribution in [3.63, 3.8) is 0 Å². The first-order valence-corrected chi connectivity index (χ1v) is 7.44. The van der Waals surface area contributed by atoms with E-state index in [1.165, 1.54) is 0 Å². The van der Waals surface area contributed by atoms with E-state index in [9.17, 15) is 4.79 Å². The molecule has 0 radical (unpaired) electrons. The van der Waals surface area contributed by atoms with Gasteiger partial charge in [-0.1, -0.05) is 11.8 Å². The molecule has 1 rings (SSSR count). The van der Waals surface area contributed by atoms with Gasteiger partial charge >= 0.3 is 0 Å². The van der Waals surface area contributed by atoms with Crippen LogP contribution in [0.3, 0.4) is 0 Å². The maximum Gasteiger partial charge on any atom is 0.253 e. The minimum absolute atomic E-state index is 0.0267. The van der Waals surface area contributed by atoms with Crippen LogP contribution in [0.1, 0.15) is 21.5 Å². The lowest BCUT2D eigenvalue weighted by Crippen LogP contribution is -2.28. The molecule has 0 unspecified atom stereocenters. The predicted octanol–water partition coefficient (Wildman–Crippen LogP) is 1.77. The number of thioether (sulfide) groups is 1. The molecule has 0 atom stereocenters. The highest BCUT2D eigenvalue weighted by Gasteiger charge is 2.11. The number of aliphatic hydroxyl groups excluding tert-OH is 1. The van der Waals surface area contributed by atoms with Crippen LogP contribution in [0, 0.1) is 18.8 Å². The van der Waals surface area contributed by atoms with Crippen LogP contribution in [0.5, 0.6) is 0 Å². The molecule has 0 heterocycles. The molecule has 102 valence electrons. The third-order valence-electron chi connectivity index (χ3n) is 2.75. The van der Waals surface area contributed by atoms with Crippen LogP contribution in [-0.2, 0) is 0 Å². The van der Waals surface area contributed by atoms with Gasteiger partial charge in [-0.15, -0.1) is 0 Å². The summed E-state index contributed by atoms with van der Waals surface area (Å²) >= 11 is 1.72. The molecule has 19 heavy (non-hydrogen) atoms. The molecule has 1 amide bonds. The minimum atomic E-state index is -0.155. The van der Waals surface area contributed by atoms with Crippen molar-refractivity contribution in [2.75, 3.05) is 32.2 Å². The molecule has 0 saturated carbocycles. The Morgan fingerprint density at radius 1 is 1.47 bits per heavy atom. The molecule has 3 nitrogen and oxygen atoms in total. The molecule has 0 aliphatic heterocycles. The van der Waals surface area contributed by atoms with Crippen LogP contribution >= 0.6 is 11.8 Å². The highest BCUT2D eigenvalue weighted by molar-refractivity contribution is 7.98. The summed E-state index contributed by atoms with van der Waals surface area (Å²) in [7, 11) is 1.81. The number of hydrogen-bond acceptors (Lipinski definition) is 3. The van der Waals surface area contributed by atoms with Crippen LogP contribution in [0.25, 0.3) is 0 Å². The lowest BCUT2D eigenvalue weighted by atomic mass is 10.0. The van der Waals surface area contributed by atoms with Crippen molar-refractivity contribution in [1.29, 1.82) is 0 Å². The third-order valence-corrected chi connectivity index (χ3v) is 3.34. The van der Waals surface area contributed by atoms with Crippen molar-refractivity contribution in [3.05, 3.63) is 34.9 Å². The fourth-order valence-corrected chi connectivity index (χ4v) is 2.08. The van der Waals surface area contributed by atoms with Crippen molar-refractivity contribution < 1.29 is 9.90 Å². The number of aliphatic hydroxyl groups is 1. The van der Waals surface area contributed by atoms with Crippen molar-refractivity contribution >= 4 is 17.7 Å². The number of aryl methyl sites for hydroxylation is 1. The van der Waals surface area contributed by atoms with Crippen LogP contribution in [0.4, 0.5) is 0 Å². The van der Waals surface area contributed by atoms with Gasteiger partial charge in [0.2, 0.25) is 0 Å². The van der Waals surface area contributed by atoms with E-state index in [2.05, 4.69) is 11.8 Å². The van der Waals surface area contributed by atoms with Crippen LogP contribution in [-0.4, -0.2) is 48.1 Å². The SMILES string of the molecule is CSCCN(C)C(=O)c1ccc(C#CCO)c(C)c1. The Balaban J connectivity index is 2.85. The Hall–Kier alpha value is -1.44. The summed E-state index contributed by atoms with van der Waals surface area (Å²) in [6, 6.07) is 5.46. The van der Waals surface area contributed by atoms with Crippen molar-refractivity contribution in [2.45, 2.75) is 6.92 Å². The molecule has 0 bridgehead atoms. The first kappa shape index (κ1) is 15.6. The summed E-state index contributed by atoms with van der Waals surface area (Å²) in [5.74, 6) is 6.43. The van der Waals surface area contributed by atoms with Crippen molar-refractivity contribution in [3.8, 4) is 11.8 Å². The second-order valence-electron chi connectivity index (χ2n) is 4.21. The standard InChI is InChI=1S/C15H19NO2S/c1-12-11-14(7-6-13(12)5-4-9-17)15(18)16(2)8-10-19-3/h6-7,11,17H,8-10H2,1-3H3. The van der Waals surface area contributed by atoms with Gasteiger partial charge in [0.15, 0.2) is 0 Å². The van der Waals surface area contributed by atoms with E-state index in [0.717, 1.165) is 23.4 Å². The topological polar surface area (TPSA) is 40.5 Å². The quantitative estimate of drug-likeness (QED) is 0.853. The molecular weight excluding hydrogens is 258 g/mol. The molecule has 0 aliphatic carbocycles. The predicted molar refractivity (Wildman–Crippen MR) is 80.5 cm³/mol. The van der Waals surface area contributed by atoms with Gasteiger partial charge in [-0.3, -0.25) is 4.79 Å². The number of amides is 1. The van der Waals surface area contributed by atoms with Crippen molar-refractivity contribution in [2.24, 2.45) is 0 Å². The summed E-state index contributed by atoms with van der Waals surface area (Å²) in [6.45, 7) is 2.50. The molecule has 0 aromatic heterocycles. The van der Waals surface area contributed by atoms with Gasteiger partial charge in [0.25, 0.3) is 5.91 Å². The van der Waals surface area contributed by atoms with Crippen LogP contribution < -0.4 is 0 Å². The van der Waals surface area contributed by atoms with Gasteiger partial charge in [-0.2, -0.15) is 11.8 Å². The van der Waals surface area contributed by atoms with Gasteiger partial charge in [-0.05, 0) is 36.9 Å². The molecule has 0 spiro atoms. The van der Waals surface area contributed by atoms with Crippen LogP contribution in [0.15, 0.2) is 18.2 Å². The van der Waals surface area contributed by atoms with Crippen molar-refractivity contribution in [1.82, 2.24) is 4.90 Å². The minimum Gasteiger partial charge on any atom is -0.384 e. The second kappa shape index (κ2) is 7.88. The summed E-state index contributed by atoms with van der Waals surface area (Å²) in [5, 5.41) is 8.68. The van der Waals surface area contributed by atoms with E-state index >= 15 is 0 Å². The number of nitrogens with zero attached hydrogens (tertiary/aromatic N) is 1. The zero-order chi connectivity index (χ0) is 14.3. The Labute approximate surface area is 119 Å². The number of hydrogen-bond donors (Lipinski definition) is 1. The summed E-state index contributed by atoms with van der Waals surface area (Å²) < 4.78 is 0. The monoisotopic (exact) mass is 277 g/mol. The van der Waals surface area contributed by atoms with Gasteiger partial charge in [0, 0.05) is 30.5 Å². The number of carbonyl (C=O) groups is 1. The average molecular weight is 277 g/mol. The first-order chi connectivity index (χ1) is 9.10. The van der Waals surface area contributed by atoms with E-state index in [-0.39, 0.29) is 12.5 Å². The van der Waals surface area contributed by atoms with E-state index < -0.39 is 0 Å². The maximum atomic E-state index is 12.2. The molecule has 1 N–H and O–H groups in total. The Bertz CT molecular complexity index is 503. The molecule has 0 fully saturated rings. The molecule has 4 heteroatoms. The van der Waals surface area contributed by atoms with E-state index in [0.29, 0.717) is 5.56 Å². The normalized spacial score (nSPS) is 9.68. The fraction of sp³-hybridized carbons (Fsp3) is 0.400. The average Bonchev–Trinajstić information content (AvgIpc) is 2.42. The fourth-order valence-electron chi connectivity index (χ4n) is 1.62. The van der Waals surface area contributed by atoms with E-state index in [4.69, 9.17) is 5.11 Å². The lowest BCUT2D eigenvalue weighted by Gasteiger charge is -2.17.